The molecule has 1 aliphatic heterocycles. The number of hydrogen-bond donors (Lipinski definition) is 1. The molecule has 2 rings (SSSR count). The van der Waals surface area contributed by atoms with E-state index in [1.165, 1.54) is 12.8 Å². The van der Waals surface area contributed by atoms with Gasteiger partial charge in [0.1, 0.15) is 5.82 Å². The predicted octanol–water partition coefficient (Wildman–Crippen LogP) is 2.28. The van der Waals surface area contributed by atoms with Crippen LogP contribution < -0.4 is 5.32 Å². The van der Waals surface area contributed by atoms with Crippen molar-refractivity contribution in [3.8, 4) is 0 Å². The third-order valence-electron chi connectivity index (χ3n) is 4.33. The van der Waals surface area contributed by atoms with Crippen LogP contribution in [0, 0.1) is 12.8 Å². The van der Waals surface area contributed by atoms with E-state index in [0.29, 0.717) is 0 Å². The maximum atomic E-state index is 4.41. The number of hydrogen-bond acceptors (Lipinski definition) is 2. The maximum Gasteiger partial charge on any atom is 0.193 e. The molecule has 0 spiro atoms. The number of likely N-dealkylation sites (tertiary alicyclic amines) is 1. The molecule has 0 saturated carbocycles. The SMILES string of the molecule is CN=C(NCCCCn1ccnc1C)N1CCC(C)CC1. The third-order valence-corrected chi connectivity index (χ3v) is 4.33. The molecule has 1 N–H and O–H groups in total. The van der Waals surface area contributed by atoms with E-state index in [0.717, 1.165) is 56.7 Å². The van der Waals surface area contributed by atoms with Crippen molar-refractivity contribution >= 4 is 5.96 Å². The van der Waals surface area contributed by atoms with Gasteiger partial charge in [-0.05, 0) is 38.5 Å². The van der Waals surface area contributed by atoms with Crippen LogP contribution in [-0.4, -0.2) is 47.1 Å². The Morgan fingerprint density at radius 3 is 2.76 bits per heavy atom. The topological polar surface area (TPSA) is 45.5 Å². The van der Waals surface area contributed by atoms with Crippen LogP contribution >= 0.6 is 0 Å². The van der Waals surface area contributed by atoms with E-state index in [1.807, 2.05) is 13.2 Å². The van der Waals surface area contributed by atoms with Gasteiger partial charge in [0.2, 0.25) is 0 Å². The molecule has 0 atom stereocenters. The average molecular weight is 291 g/mol. The summed E-state index contributed by atoms with van der Waals surface area (Å²) in [5, 5.41) is 3.50. The fourth-order valence-corrected chi connectivity index (χ4v) is 2.80. The van der Waals surface area contributed by atoms with E-state index in [2.05, 4.69) is 44.8 Å². The van der Waals surface area contributed by atoms with Crippen LogP contribution in [0.3, 0.4) is 0 Å². The van der Waals surface area contributed by atoms with Crippen molar-refractivity contribution in [3.63, 3.8) is 0 Å². The molecule has 0 aromatic carbocycles. The van der Waals surface area contributed by atoms with Gasteiger partial charge in [-0.15, -0.1) is 0 Å². The molecule has 1 fully saturated rings. The van der Waals surface area contributed by atoms with Gasteiger partial charge in [-0.3, -0.25) is 4.99 Å². The number of piperidine rings is 1. The second-order valence-electron chi connectivity index (χ2n) is 6.02. The molecule has 0 bridgehead atoms. The normalized spacial score (nSPS) is 17.3. The summed E-state index contributed by atoms with van der Waals surface area (Å²) in [5.41, 5.74) is 0. The van der Waals surface area contributed by atoms with Crippen LogP contribution in [0.4, 0.5) is 0 Å². The van der Waals surface area contributed by atoms with E-state index in [9.17, 15) is 0 Å². The van der Waals surface area contributed by atoms with Crippen LogP contribution in [0.15, 0.2) is 17.4 Å². The van der Waals surface area contributed by atoms with Gasteiger partial charge in [-0.1, -0.05) is 6.92 Å². The summed E-state index contributed by atoms with van der Waals surface area (Å²) in [5.74, 6) is 3.03. The number of nitrogens with zero attached hydrogens (tertiary/aromatic N) is 4. The number of rotatable bonds is 5. The highest BCUT2D eigenvalue weighted by atomic mass is 15.3. The molecular weight excluding hydrogens is 262 g/mol. The summed E-state index contributed by atoms with van der Waals surface area (Å²) < 4.78 is 2.21. The van der Waals surface area contributed by atoms with E-state index in [-0.39, 0.29) is 0 Å². The Bertz CT molecular complexity index is 443. The van der Waals surface area contributed by atoms with E-state index < -0.39 is 0 Å². The monoisotopic (exact) mass is 291 g/mol. The molecule has 0 radical (unpaired) electrons. The molecule has 21 heavy (non-hydrogen) atoms. The van der Waals surface area contributed by atoms with Crippen LogP contribution in [0.2, 0.25) is 0 Å². The van der Waals surface area contributed by atoms with Gasteiger partial charge in [0.05, 0.1) is 0 Å². The Kier molecular flexibility index (Phi) is 6.08. The fourth-order valence-electron chi connectivity index (χ4n) is 2.80. The first-order valence-corrected chi connectivity index (χ1v) is 8.14. The average Bonchev–Trinajstić information content (AvgIpc) is 2.89. The lowest BCUT2D eigenvalue weighted by Crippen LogP contribution is -2.45. The highest BCUT2D eigenvalue weighted by Gasteiger charge is 2.18. The minimum absolute atomic E-state index is 0.859. The predicted molar refractivity (Wildman–Crippen MR) is 87.5 cm³/mol. The Balaban J connectivity index is 1.64. The first-order valence-electron chi connectivity index (χ1n) is 8.14. The Hall–Kier alpha value is -1.52. The minimum atomic E-state index is 0.859. The quantitative estimate of drug-likeness (QED) is 0.514. The Morgan fingerprint density at radius 2 is 2.14 bits per heavy atom. The van der Waals surface area contributed by atoms with Gasteiger partial charge in [-0.2, -0.15) is 0 Å². The second kappa shape index (κ2) is 8.05. The zero-order chi connectivity index (χ0) is 15.1. The van der Waals surface area contributed by atoms with Crippen molar-refractivity contribution in [1.82, 2.24) is 19.8 Å². The van der Waals surface area contributed by atoms with Crippen molar-refractivity contribution in [2.24, 2.45) is 10.9 Å². The maximum absolute atomic E-state index is 4.41. The fraction of sp³-hybridized carbons (Fsp3) is 0.750. The van der Waals surface area contributed by atoms with E-state index in [1.54, 1.807) is 0 Å². The van der Waals surface area contributed by atoms with Crippen molar-refractivity contribution in [2.45, 2.75) is 46.1 Å². The standard InChI is InChI=1S/C16H29N5/c1-14-6-11-21(12-7-14)16(17-3)19-8-4-5-10-20-13-9-18-15(20)2/h9,13-14H,4-8,10-12H2,1-3H3,(H,17,19). The zero-order valence-corrected chi connectivity index (χ0v) is 13.7. The van der Waals surface area contributed by atoms with Gasteiger partial charge in [0.15, 0.2) is 5.96 Å². The second-order valence-corrected chi connectivity index (χ2v) is 6.02. The lowest BCUT2D eigenvalue weighted by Gasteiger charge is -2.32. The molecule has 5 heteroatoms. The lowest BCUT2D eigenvalue weighted by molar-refractivity contribution is 0.273. The summed E-state index contributed by atoms with van der Waals surface area (Å²) >= 11 is 0. The number of nitrogens with one attached hydrogen (secondary N) is 1. The highest BCUT2D eigenvalue weighted by Crippen LogP contribution is 2.15. The van der Waals surface area contributed by atoms with Crippen molar-refractivity contribution in [3.05, 3.63) is 18.2 Å². The molecule has 0 unspecified atom stereocenters. The number of aryl methyl sites for hydroxylation is 2. The molecule has 0 aliphatic carbocycles. The number of unbranched alkanes of at least 4 members (excludes halogenated alkanes) is 1. The lowest BCUT2D eigenvalue weighted by atomic mass is 10.00. The minimum Gasteiger partial charge on any atom is -0.356 e. The molecule has 0 amide bonds. The Labute approximate surface area is 128 Å². The third kappa shape index (κ3) is 4.76. The number of guanidine groups is 1. The zero-order valence-electron chi connectivity index (χ0n) is 13.7. The van der Waals surface area contributed by atoms with Gasteiger partial charge >= 0.3 is 0 Å². The summed E-state index contributed by atoms with van der Waals surface area (Å²) in [6, 6.07) is 0. The van der Waals surface area contributed by atoms with Gasteiger partial charge in [0.25, 0.3) is 0 Å². The summed E-state index contributed by atoms with van der Waals surface area (Å²) in [4.78, 5) is 11.0. The summed E-state index contributed by atoms with van der Waals surface area (Å²) in [6.45, 7) is 8.70. The number of aliphatic imine (C=N–C) groups is 1. The summed E-state index contributed by atoms with van der Waals surface area (Å²) in [7, 11) is 1.88. The number of aromatic nitrogens is 2. The van der Waals surface area contributed by atoms with Crippen LogP contribution in [0.1, 0.15) is 38.4 Å². The van der Waals surface area contributed by atoms with Gasteiger partial charge < -0.3 is 14.8 Å². The highest BCUT2D eigenvalue weighted by molar-refractivity contribution is 5.79. The summed E-state index contributed by atoms with van der Waals surface area (Å²) in [6.07, 6.45) is 8.80. The Morgan fingerprint density at radius 1 is 1.38 bits per heavy atom. The van der Waals surface area contributed by atoms with Gasteiger partial charge in [-0.25, -0.2) is 4.98 Å². The smallest absolute Gasteiger partial charge is 0.193 e. The molecule has 1 aromatic heterocycles. The molecule has 1 aliphatic rings. The van der Waals surface area contributed by atoms with E-state index in [4.69, 9.17) is 0 Å². The first-order chi connectivity index (χ1) is 10.2. The molecule has 5 nitrogen and oxygen atoms in total. The molecule has 1 saturated heterocycles. The number of imidazole rings is 1. The molecular formula is C16H29N5. The van der Waals surface area contributed by atoms with Gasteiger partial charge in [0, 0.05) is 45.6 Å². The molecule has 1 aromatic rings. The molecule has 2 heterocycles. The van der Waals surface area contributed by atoms with E-state index >= 15 is 0 Å². The van der Waals surface area contributed by atoms with Crippen molar-refractivity contribution < 1.29 is 0 Å². The van der Waals surface area contributed by atoms with Crippen LogP contribution in [-0.2, 0) is 6.54 Å². The first kappa shape index (κ1) is 15.9. The molecule has 118 valence electrons. The van der Waals surface area contributed by atoms with Crippen LogP contribution in [0.5, 0.6) is 0 Å². The van der Waals surface area contributed by atoms with Crippen molar-refractivity contribution in [2.75, 3.05) is 26.7 Å². The van der Waals surface area contributed by atoms with Crippen LogP contribution in [0.25, 0.3) is 0 Å². The van der Waals surface area contributed by atoms with Crippen molar-refractivity contribution in [1.29, 1.82) is 0 Å². The largest absolute Gasteiger partial charge is 0.356 e.